The van der Waals surface area contributed by atoms with Crippen molar-refractivity contribution in [2.45, 2.75) is 57.5 Å². The van der Waals surface area contributed by atoms with Gasteiger partial charge in [-0.15, -0.1) is 22.7 Å². The van der Waals surface area contributed by atoms with Crippen LogP contribution in [0.15, 0.2) is 22.3 Å². The van der Waals surface area contributed by atoms with E-state index < -0.39 is 0 Å². The first-order chi connectivity index (χ1) is 13.6. The van der Waals surface area contributed by atoms with Gasteiger partial charge in [0.2, 0.25) is 0 Å². The van der Waals surface area contributed by atoms with E-state index in [0.29, 0.717) is 6.54 Å². The summed E-state index contributed by atoms with van der Waals surface area (Å²) in [6.07, 6.45) is 8.28. The first kappa shape index (κ1) is 17.4. The predicted octanol–water partition coefficient (Wildman–Crippen LogP) is 5.08. The van der Waals surface area contributed by atoms with Crippen molar-refractivity contribution in [3.05, 3.63) is 38.6 Å². The van der Waals surface area contributed by atoms with E-state index in [9.17, 15) is 4.79 Å². The van der Waals surface area contributed by atoms with Crippen LogP contribution in [-0.4, -0.2) is 15.5 Å². The molecular formula is C22H25N3OS2. The quantitative estimate of drug-likeness (QED) is 0.629. The minimum Gasteiger partial charge on any atom is -0.309 e. The molecular weight excluding hydrogens is 386 g/mol. The van der Waals surface area contributed by atoms with Crippen LogP contribution in [0.4, 0.5) is 0 Å². The summed E-state index contributed by atoms with van der Waals surface area (Å²) in [6.45, 7) is 2.77. The van der Waals surface area contributed by atoms with Crippen LogP contribution in [0.3, 0.4) is 0 Å². The number of nitrogens with zero attached hydrogens (tertiary/aromatic N) is 1. The molecule has 6 heteroatoms. The zero-order valence-corrected chi connectivity index (χ0v) is 17.7. The van der Waals surface area contributed by atoms with E-state index in [1.807, 2.05) is 0 Å². The first-order valence-corrected chi connectivity index (χ1v) is 12.1. The molecule has 0 unspecified atom stereocenters. The van der Waals surface area contributed by atoms with Gasteiger partial charge in [-0.3, -0.25) is 4.79 Å². The molecule has 0 spiro atoms. The van der Waals surface area contributed by atoms with Crippen LogP contribution in [0.25, 0.3) is 20.7 Å². The fraction of sp³-hybridized carbons (Fsp3) is 0.545. The highest BCUT2D eigenvalue weighted by molar-refractivity contribution is 7.19. The lowest BCUT2D eigenvalue weighted by molar-refractivity contribution is -0.0209. The number of aromatic nitrogens is 2. The Labute approximate surface area is 172 Å². The van der Waals surface area contributed by atoms with Crippen molar-refractivity contribution in [2.75, 3.05) is 0 Å². The molecule has 4 bridgehead atoms. The molecule has 3 heterocycles. The standard InChI is InChI=1S/C22H25N3OS2/c1-12-2-3-17(28-12)16-11-27-21-19(16)20(26)24-18(25-21)10-23-22-7-13-4-14(8-22)6-15(5-13)9-22/h2-3,11,13-15,23H,4-10H2,1H3,(H,24,25,26). The number of H-pyrrole nitrogens is 1. The molecule has 0 amide bonds. The number of aromatic amines is 1. The molecule has 3 aromatic rings. The molecule has 4 fully saturated rings. The van der Waals surface area contributed by atoms with Crippen molar-refractivity contribution >= 4 is 32.9 Å². The van der Waals surface area contributed by atoms with Crippen LogP contribution in [0.2, 0.25) is 0 Å². The first-order valence-electron chi connectivity index (χ1n) is 10.4. The summed E-state index contributed by atoms with van der Waals surface area (Å²) in [4.78, 5) is 24.0. The van der Waals surface area contributed by atoms with Crippen molar-refractivity contribution in [3.63, 3.8) is 0 Å². The van der Waals surface area contributed by atoms with Gasteiger partial charge in [0.25, 0.3) is 5.56 Å². The van der Waals surface area contributed by atoms with Crippen molar-refractivity contribution < 1.29 is 0 Å². The summed E-state index contributed by atoms with van der Waals surface area (Å²) in [5.41, 5.74) is 1.30. The SMILES string of the molecule is Cc1ccc(-c2csc3nc(CNC45CC6CC(CC(C6)C4)C5)[nH]c(=O)c23)s1. The Hall–Kier alpha value is -1.50. The van der Waals surface area contributed by atoms with Crippen LogP contribution in [0.5, 0.6) is 0 Å². The van der Waals surface area contributed by atoms with E-state index in [0.717, 1.165) is 44.2 Å². The molecule has 0 saturated heterocycles. The molecule has 7 rings (SSSR count). The topological polar surface area (TPSA) is 57.8 Å². The van der Waals surface area contributed by atoms with E-state index in [4.69, 9.17) is 4.98 Å². The van der Waals surface area contributed by atoms with Gasteiger partial charge < -0.3 is 10.3 Å². The molecule has 28 heavy (non-hydrogen) atoms. The summed E-state index contributed by atoms with van der Waals surface area (Å²) in [7, 11) is 0. The summed E-state index contributed by atoms with van der Waals surface area (Å²) in [6, 6.07) is 4.21. The smallest absolute Gasteiger partial charge is 0.260 e. The average molecular weight is 412 g/mol. The maximum atomic E-state index is 12.9. The van der Waals surface area contributed by atoms with Gasteiger partial charge >= 0.3 is 0 Å². The molecule has 0 radical (unpaired) electrons. The third kappa shape index (κ3) is 2.80. The van der Waals surface area contributed by atoms with Gasteiger partial charge in [-0.2, -0.15) is 0 Å². The van der Waals surface area contributed by atoms with Gasteiger partial charge in [0, 0.05) is 26.2 Å². The van der Waals surface area contributed by atoms with Gasteiger partial charge in [-0.25, -0.2) is 4.98 Å². The molecule has 4 aliphatic rings. The maximum absolute atomic E-state index is 12.9. The van der Waals surface area contributed by atoms with Crippen LogP contribution in [0, 0.1) is 24.7 Å². The van der Waals surface area contributed by atoms with E-state index in [-0.39, 0.29) is 11.1 Å². The molecule has 3 aromatic heterocycles. The van der Waals surface area contributed by atoms with Gasteiger partial charge in [0.15, 0.2) is 0 Å². The van der Waals surface area contributed by atoms with Crippen LogP contribution in [-0.2, 0) is 6.54 Å². The zero-order valence-electron chi connectivity index (χ0n) is 16.1. The normalized spacial score (nSPS) is 31.1. The maximum Gasteiger partial charge on any atom is 0.260 e. The Balaban J connectivity index is 1.28. The van der Waals surface area contributed by atoms with Crippen LogP contribution in [0.1, 0.15) is 49.2 Å². The van der Waals surface area contributed by atoms with Crippen LogP contribution < -0.4 is 10.9 Å². The number of hydrogen-bond acceptors (Lipinski definition) is 5. The second-order valence-electron chi connectivity index (χ2n) is 9.30. The van der Waals surface area contributed by atoms with E-state index >= 15 is 0 Å². The Kier molecular flexibility index (Phi) is 3.87. The fourth-order valence-electron chi connectivity index (χ4n) is 6.44. The molecule has 0 atom stereocenters. The number of aryl methyl sites for hydroxylation is 1. The van der Waals surface area contributed by atoms with Crippen molar-refractivity contribution in [1.82, 2.24) is 15.3 Å². The largest absolute Gasteiger partial charge is 0.309 e. The van der Waals surface area contributed by atoms with Gasteiger partial charge in [0.05, 0.1) is 11.9 Å². The van der Waals surface area contributed by atoms with E-state index in [1.165, 1.54) is 43.4 Å². The summed E-state index contributed by atoms with van der Waals surface area (Å²) in [5.74, 6) is 3.54. The lowest BCUT2D eigenvalue weighted by Gasteiger charge is -2.57. The van der Waals surface area contributed by atoms with Crippen molar-refractivity contribution in [1.29, 1.82) is 0 Å². The number of rotatable bonds is 4. The number of thiophene rings is 2. The number of nitrogens with one attached hydrogen (secondary N) is 2. The van der Waals surface area contributed by atoms with Gasteiger partial charge in [-0.05, 0) is 75.3 Å². The van der Waals surface area contributed by atoms with Gasteiger partial charge in [-0.1, -0.05) is 0 Å². The minimum atomic E-state index is -0.00499. The van der Waals surface area contributed by atoms with Crippen molar-refractivity contribution in [2.24, 2.45) is 17.8 Å². The Bertz CT molecular complexity index is 1070. The number of hydrogen-bond donors (Lipinski definition) is 2. The molecule has 4 nitrogen and oxygen atoms in total. The Morgan fingerprint density at radius 1 is 1.18 bits per heavy atom. The highest BCUT2D eigenvalue weighted by atomic mass is 32.1. The lowest BCUT2D eigenvalue weighted by atomic mass is 9.53. The number of fused-ring (bicyclic) bond motifs is 1. The third-order valence-corrected chi connectivity index (χ3v) is 9.07. The Morgan fingerprint density at radius 2 is 1.89 bits per heavy atom. The second-order valence-corrected chi connectivity index (χ2v) is 11.4. The van der Waals surface area contributed by atoms with Crippen molar-refractivity contribution in [3.8, 4) is 10.4 Å². The highest BCUT2D eigenvalue weighted by Gasteiger charge is 2.50. The average Bonchev–Trinajstić information content (AvgIpc) is 3.25. The molecule has 2 N–H and O–H groups in total. The van der Waals surface area contributed by atoms with E-state index in [1.54, 1.807) is 22.7 Å². The lowest BCUT2D eigenvalue weighted by Crippen LogP contribution is -2.58. The summed E-state index contributed by atoms with van der Waals surface area (Å²) >= 11 is 3.31. The molecule has 0 aliphatic heterocycles. The highest BCUT2D eigenvalue weighted by Crippen LogP contribution is 2.55. The van der Waals surface area contributed by atoms with E-state index in [2.05, 4.69) is 34.7 Å². The molecule has 4 aliphatic carbocycles. The summed E-state index contributed by atoms with van der Waals surface area (Å²) < 4.78 is 0. The molecule has 146 valence electrons. The predicted molar refractivity (Wildman–Crippen MR) is 116 cm³/mol. The third-order valence-electron chi connectivity index (χ3n) is 7.17. The Morgan fingerprint density at radius 3 is 2.54 bits per heavy atom. The van der Waals surface area contributed by atoms with Crippen LogP contribution >= 0.6 is 22.7 Å². The van der Waals surface area contributed by atoms with Gasteiger partial charge in [0.1, 0.15) is 10.7 Å². The monoisotopic (exact) mass is 411 g/mol. The summed E-state index contributed by atoms with van der Waals surface area (Å²) in [5, 5.41) is 6.67. The molecule has 0 aromatic carbocycles. The zero-order chi connectivity index (χ0) is 18.9. The molecule has 4 saturated carbocycles. The second kappa shape index (κ2) is 6.25. The fourth-order valence-corrected chi connectivity index (χ4v) is 8.36. The minimum absolute atomic E-state index is 0.00499.